The minimum atomic E-state index is -2.98. The van der Waals surface area contributed by atoms with Crippen LogP contribution in [0.3, 0.4) is 0 Å². The van der Waals surface area contributed by atoms with Gasteiger partial charge in [0.15, 0.2) is 0 Å². The molecule has 86 valence electrons. The zero-order valence-electron chi connectivity index (χ0n) is 8.22. The molecule has 1 heterocycles. The lowest BCUT2D eigenvalue weighted by atomic mass is 10.1. The van der Waals surface area contributed by atoms with Gasteiger partial charge in [-0.3, -0.25) is 0 Å². The average Bonchev–Trinajstić information content (AvgIpc) is 2.28. The maximum absolute atomic E-state index is 12.5. The third-order valence-corrected chi connectivity index (χ3v) is 1.89. The van der Waals surface area contributed by atoms with Crippen molar-refractivity contribution in [2.45, 2.75) is 12.8 Å². The molecule has 8 heteroatoms. The third-order valence-electron chi connectivity index (χ3n) is 1.89. The van der Waals surface area contributed by atoms with Crippen LogP contribution in [0.25, 0.3) is 0 Å². The first-order valence-electron chi connectivity index (χ1n) is 4.24. The number of alkyl halides is 2. The van der Waals surface area contributed by atoms with E-state index in [-0.39, 0.29) is 5.56 Å². The summed E-state index contributed by atoms with van der Waals surface area (Å²) in [6.45, 7) is 0. The Hall–Kier alpha value is -2.61. The van der Waals surface area contributed by atoms with Gasteiger partial charge >= 0.3 is 5.82 Å². The molecule has 1 rings (SSSR count). The van der Waals surface area contributed by atoms with Crippen LogP contribution in [-0.4, -0.2) is 9.91 Å². The van der Waals surface area contributed by atoms with Crippen molar-refractivity contribution in [1.29, 1.82) is 10.5 Å². The van der Waals surface area contributed by atoms with E-state index in [9.17, 15) is 18.9 Å². The van der Waals surface area contributed by atoms with E-state index in [0.717, 1.165) is 6.07 Å². The highest BCUT2D eigenvalue weighted by atomic mass is 19.3. The summed E-state index contributed by atoms with van der Waals surface area (Å²) >= 11 is 0. The van der Waals surface area contributed by atoms with Gasteiger partial charge in [-0.1, -0.05) is 0 Å². The number of pyridine rings is 1. The van der Waals surface area contributed by atoms with Crippen molar-refractivity contribution in [2.24, 2.45) is 0 Å². The van der Waals surface area contributed by atoms with Gasteiger partial charge in [0.25, 0.3) is 12.1 Å². The lowest BCUT2D eigenvalue weighted by molar-refractivity contribution is -0.390. The Balaban J connectivity index is 3.50. The smallest absolute Gasteiger partial charge is 0.358 e. The zero-order valence-corrected chi connectivity index (χ0v) is 8.22. The summed E-state index contributed by atoms with van der Waals surface area (Å²) in [6, 6.07) is 3.75. The van der Waals surface area contributed by atoms with Crippen LogP contribution in [0.15, 0.2) is 6.07 Å². The molecule has 1 aromatic rings. The van der Waals surface area contributed by atoms with Crippen molar-refractivity contribution in [3.63, 3.8) is 0 Å². The molecular weight excluding hydrogens is 234 g/mol. The Bertz CT molecular complexity index is 545. The molecule has 0 unspecified atom stereocenters. The molecule has 0 saturated heterocycles. The molecule has 0 fully saturated rings. The van der Waals surface area contributed by atoms with Crippen molar-refractivity contribution >= 4 is 5.82 Å². The van der Waals surface area contributed by atoms with Gasteiger partial charge in [0, 0.05) is 0 Å². The van der Waals surface area contributed by atoms with E-state index in [1.54, 1.807) is 6.07 Å². The number of nitrogens with zero attached hydrogens (tertiary/aromatic N) is 4. The topological polar surface area (TPSA) is 104 Å². The van der Waals surface area contributed by atoms with Crippen LogP contribution in [0.5, 0.6) is 0 Å². The molecule has 0 bridgehead atoms. The van der Waals surface area contributed by atoms with E-state index in [1.807, 2.05) is 0 Å². The summed E-state index contributed by atoms with van der Waals surface area (Å²) in [5.74, 6) is -0.743. The molecule has 0 radical (unpaired) electrons. The standard InChI is InChI=1S/C9H4F2N4O2/c10-8(11)6-3-5(1-2-12)9(15(16)17)14-7(6)4-13/h3,8H,1H2. The first-order chi connectivity index (χ1) is 8.01. The van der Waals surface area contributed by atoms with Crippen LogP contribution in [0.2, 0.25) is 0 Å². The molecule has 0 spiro atoms. The second-order valence-corrected chi connectivity index (χ2v) is 2.91. The summed E-state index contributed by atoms with van der Waals surface area (Å²) < 4.78 is 25.0. The van der Waals surface area contributed by atoms with Crippen LogP contribution in [0.1, 0.15) is 23.2 Å². The minimum Gasteiger partial charge on any atom is -0.358 e. The average molecular weight is 238 g/mol. The van der Waals surface area contributed by atoms with E-state index >= 15 is 0 Å². The highest BCUT2D eigenvalue weighted by Crippen LogP contribution is 2.27. The fourth-order valence-electron chi connectivity index (χ4n) is 1.19. The van der Waals surface area contributed by atoms with Gasteiger partial charge in [-0.25, -0.2) is 8.78 Å². The van der Waals surface area contributed by atoms with Gasteiger partial charge in [0.1, 0.15) is 6.07 Å². The molecule has 1 aromatic heterocycles. The van der Waals surface area contributed by atoms with Gasteiger partial charge in [-0.2, -0.15) is 10.5 Å². The Morgan fingerprint density at radius 3 is 2.59 bits per heavy atom. The number of hydrogen-bond donors (Lipinski definition) is 0. The van der Waals surface area contributed by atoms with Gasteiger partial charge in [0.2, 0.25) is 0 Å². The number of nitriles is 2. The second kappa shape index (κ2) is 4.94. The first kappa shape index (κ1) is 12.5. The van der Waals surface area contributed by atoms with Gasteiger partial charge in [-0.15, -0.1) is 0 Å². The van der Waals surface area contributed by atoms with Crippen molar-refractivity contribution < 1.29 is 13.7 Å². The molecule has 0 aromatic carbocycles. The lowest BCUT2D eigenvalue weighted by Crippen LogP contribution is -2.04. The monoisotopic (exact) mass is 238 g/mol. The van der Waals surface area contributed by atoms with Crippen molar-refractivity contribution in [3.05, 3.63) is 33.0 Å². The van der Waals surface area contributed by atoms with Gasteiger partial charge in [-0.05, 0) is 16.0 Å². The van der Waals surface area contributed by atoms with Crippen molar-refractivity contribution in [1.82, 2.24) is 4.98 Å². The van der Waals surface area contributed by atoms with Crippen molar-refractivity contribution in [2.75, 3.05) is 0 Å². The molecule has 0 aliphatic heterocycles. The van der Waals surface area contributed by atoms with E-state index in [4.69, 9.17) is 10.5 Å². The molecule has 17 heavy (non-hydrogen) atoms. The molecule has 0 aliphatic rings. The van der Waals surface area contributed by atoms with Gasteiger partial charge < -0.3 is 10.1 Å². The summed E-state index contributed by atoms with van der Waals surface area (Å²) in [6.07, 6.45) is -3.40. The highest BCUT2D eigenvalue weighted by Gasteiger charge is 2.25. The first-order valence-corrected chi connectivity index (χ1v) is 4.24. The van der Waals surface area contributed by atoms with Crippen LogP contribution >= 0.6 is 0 Å². The molecule has 0 saturated carbocycles. The zero-order chi connectivity index (χ0) is 13.0. The molecule has 0 N–H and O–H groups in total. The maximum atomic E-state index is 12.5. The Labute approximate surface area is 93.9 Å². The Morgan fingerprint density at radius 2 is 2.18 bits per heavy atom. The van der Waals surface area contributed by atoms with Crippen LogP contribution in [-0.2, 0) is 6.42 Å². The third kappa shape index (κ3) is 2.49. The fourth-order valence-corrected chi connectivity index (χ4v) is 1.19. The maximum Gasteiger partial charge on any atom is 0.369 e. The number of halogens is 2. The summed E-state index contributed by atoms with van der Waals surface area (Å²) in [5, 5.41) is 27.6. The molecule has 0 amide bonds. The normalized spacial score (nSPS) is 9.71. The minimum absolute atomic E-state index is 0.230. The Morgan fingerprint density at radius 1 is 1.53 bits per heavy atom. The summed E-state index contributed by atoms with van der Waals surface area (Å²) in [5.41, 5.74) is -1.64. The predicted octanol–water partition coefficient (Wildman–Crippen LogP) is 1.87. The number of hydrogen-bond acceptors (Lipinski definition) is 5. The van der Waals surface area contributed by atoms with Crippen molar-refractivity contribution in [3.8, 4) is 12.1 Å². The number of rotatable bonds is 3. The van der Waals surface area contributed by atoms with Crippen LogP contribution in [0.4, 0.5) is 14.6 Å². The Kier molecular flexibility index (Phi) is 3.62. The highest BCUT2D eigenvalue weighted by molar-refractivity contribution is 5.44. The van der Waals surface area contributed by atoms with E-state index in [1.165, 1.54) is 6.07 Å². The van der Waals surface area contributed by atoms with E-state index < -0.39 is 34.8 Å². The molecule has 6 nitrogen and oxygen atoms in total. The second-order valence-electron chi connectivity index (χ2n) is 2.91. The van der Waals surface area contributed by atoms with E-state index in [0.29, 0.717) is 0 Å². The summed E-state index contributed by atoms with van der Waals surface area (Å²) in [4.78, 5) is 12.9. The summed E-state index contributed by atoms with van der Waals surface area (Å²) in [7, 11) is 0. The molecular formula is C9H4F2N4O2. The van der Waals surface area contributed by atoms with Gasteiger partial charge in [0.05, 0.1) is 23.6 Å². The predicted molar refractivity (Wildman–Crippen MR) is 49.9 cm³/mol. The SMILES string of the molecule is N#CCc1cc(C(F)F)c(C#N)nc1[N+](=O)[O-]. The largest absolute Gasteiger partial charge is 0.369 e. The molecule has 0 aliphatic carbocycles. The molecule has 0 atom stereocenters. The number of nitro groups is 1. The van der Waals surface area contributed by atoms with E-state index in [2.05, 4.69) is 4.98 Å². The number of aromatic nitrogens is 1. The van der Waals surface area contributed by atoms with Crippen LogP contribution in [0, 0.1) is 32.8 Å². The lowest BCUT2D eigenvalue weighted by Gasteiger charge is -2.03. The quantitative estimate of drug-likeness (QED) is 0.590. The fraction of sp³-hybridized carbons (Fsp3) is 0.222. The van der Waals surface area contributed by atoms with Crippen LogP contribution < -0.4 is 0 Å².